The molecule has 37 heavy (non-hydrogen) atoms. The first-order valence-corrected chi connectivity index (χ1v) is 13.6. The Morgan fingerprint density at radius 3 is 2.57 bits per heavy atom. The number of anilines is 1. The molecule has 3 heterocycles. The lowest BCUT2D eigenvalue weighted by molar-refractivity contribution is -0.118. The highest BCUT2D eigenvalue weighted by atomic mass is 16.2. The topological polar surface area (TPSA) is 132 Å². The number of imidazole rings is 1. The van der Waals surface area contributed by atoms with Gasteiger partial charge in [0.05, 0.1) is 17.1 Å². The molecule has 0 radical (unpaired) electrons. The molecule has 0 aliphatic carbocycles. The number of aryl methyl sites for hydroxylation is 2. The number of nitrogen functional groups attached to an aromatic ring is 1. The van der Waals surface area contributed by atoms with Gasteiger partial charge in [0.15, 0.2) is 5.82 Å². The molecular formula is C28H39N7O2. The van der Waals surface area contributed by atoms with Gasteiger partial charge in [0.2, 0.25) is 5.91 Å². The fourth-order valence-electron chi connectivity index (χ4n) is 5.19. The van der Waals surface area contributed by atoms with Gasteiger partial charge >= 0.3 is 6.03 Å². The molecule has 4 N–H and O–H groups in total. The first-order chi connectivity index (χ1) is 17.9. The van der Waals surface area contributed by atoms with E-state index >= 15 is 0 Å². The second-order valence-electron chi connectivity index (χ2n) is 9.98. The van der Waals surface area contributed by atoms with E-state index in [1.54, 1.807) is 0 Å². The van der Waals surface area contributed by atoms with E-state index in [2.05, 4.69) is 34.5 Å². The minimum absolute atomic E-state index is 0.0210. The van der Waals surface area contributed by atoms with E-state index in [1.165, 1.54) is 0 Å². The number of nitrogens with two attached hydrogens (primary N) is 2. The normalized spacial score (nSPS) is 15.7. The quantitative estimate of drug-likeness (QED) is 0.298. The van der Waals surface area contributed by atoms with Crippen molar-refractivity contribution in [2.45, 2.75) is 90.6 Å². The Morgan fingerprint density at radius 1 is 1.00 bits per heavy atom. The summed E-state index contributed by atoms with van der Waals surface area (Å²) in [4.78, 5) is 39.1. The summed E-state index contributed by atoms with van der Waals surface area (Å²) in [5, 5.41) is 1.07. The zero-order chi connectivity index (χ0) is 26.4. The summed E-state index contributed by atoms with van der Waals surface area (Å²) < 4.78 is 2.31. The van der Waals surface area contributed by atoms with Gasteiger partial charge in [-0.15, -0.1) is 0 Å². The molecule has 3 aromatic rings. The highest BCUT2D eigenvalue weighted by molar-refractivity contribution is 6.06. The van der Waals surface area contributed by atoms with E-state index in [-0.39, 0.29) is 18.0 Å². The molecule has 0 saturated carbocycles. The summed E-state index contributed by atoms with van der Waals surface area (Å²) in [5.74, 6) is 1.26. The fraction of sp³-hybridized carbons (Fsp3) is 0.536. The largest absolute Gasteiger partial charge is 0.382 e. The molecule has 1 atom stereocenters. The van der Waals surface area contributed by atoms with Crippen LogP contribution in [0.2, 0.25) is 0 Å². The number of carbonyl (C=O) groups is 2. The summed E-state index contributed by atoms with van der Waals surface area (Å²) in [7, 11) is 0. The number of carbonyl (C=O) groups excluding carboxylic acids is 2. The summed E-state index contributed by atoms with van der Waals surface area (Å²) in [5.41, 5.74) is 15.2. The first-order valence-electron chi connectivity index (χ1n) is 13.6. The van der Waals surface area contributed by atoms with E-state index in [9.17, 15) is 9.59 Å². The van der Waals surface area contributed by atoms with Crippen molar-refractivity contribution in [1.29, 1.82) is 0 Å². The third kappa shape index (κ3) is 6.09. The van der Waals surface area contributed by atoms with Gasteiger partial charge in [-0.1, -0.05) is 38.0 Å². The first kappa shape index (κ1) is 26.6. The lowest BCUT2D eigenvalue weighted by Crippen LogP contribution is -2.36. The van der Waals surface area contributed by atoms with Crippen LogP contribution in [0.1, 0.15) is 77.5 Å². The van der Waals surface area contributed by atoms with Crippen LogP contribution >= 0.6 is 0 Å². The Morgan fingerprint density at radius 2 is 1.78 bits per heavy atom. The van der Waals surface area contributed by atoms with E-state index < -0.39 is 0 Å². The minimum atomic E-state index is -0.262. The molecule has 9 nitrogen and oxygen atoms in total. The molecule has 1 aromatic carbocycles. The number of benzene rings is 1. The van der Waals surface area contributed by atoms with Crippen molar-refractivity contribution in [2.75, 3.05) is 12.3 Å². The number of hydrogen-bond acceptors (Lipinski definition) is 5. The Kier molecular flexibility index (Phi) is 8.74. The molecule has 9 heteroatoms. The Balaban J connectivity index is 1.39. The summed E-state index contributed by atoms with van der Waals surface area (Å²) in [6, 6.07) is 7.96. The zero-order valence-electron chi connectivity index (χ0n) is 22.1. The van der Waals surface area contributed by atoms with E-state index in [0.29, 0.717) is 18.8 Å². The number of hydrogen-bond donors (Lipinski definition) is 2. The third-order valence-electron chi connectivity index (χ3n) is 7.26. The molecule has 0 spiro atoms. The molecule has 1 aliphatic heterocycles. The highest BCUT2D eigenvalue weighted by Crippen LogP contribution is 2.30. The molecule has 0 bridgehead atoms. The smallest absolute Gasteiger partial charge is 0.344 e. The second kappa shape index (κ2) is 12.2. The Labute approximate surface area is 218 Å². The van der Waals surface area contributed by atoms with Crippen LogP contribution in [-0.4, -0.2) is 49.7 Å². The molecular weight excluding hydrogens is 466 g/mol. The van der Waals surface area contributed by atoms with Crippen molar-refractivity contribution in [1.82, 2.24) is 19.4 Å². The molecule has 1 unspecified atom stereocenters. The highest BCUT2D eigenvalue weighted by Gasteiger charge is 2.30. The zero-order valence-corrected chi connectivity index (χ0v) is 22.1. The molecule has 4 rings (SSSR count). The predicted octanol–water partition coefficient (Wildman–Crippen LogP) is 4.99. The maximum absolute atomic E-state index is 12.6. The maximum Gasteiger partial charge on any atom is 0.344 e. The summed E-state index contributed by atoms with van der Waals surface area (Å²) in [6.07, 6.45) is 8.67. The average molecular weight is 506 g/mol. The summed E-state index contributed by atoms with van der Waals surface area (Å²) >= 11 is 0. The number of primary amides is 1. The third-order valence-corrected chi connectivity index (χ3v) is 7.26. The number of fused-ring (bicyclic) bond motifs is 3. The Bertz CT molecular complexity index is 1300. The molecule has 3 amide bonds. The van der Waals surface area contributed by atoms with Gasteiger partial charge < -0.3 is 20.9 Å². The lowest BCUT2D eigenvalue weighted by Gasteiger charge is -2.22. The number of para-hydroxylation sites is 1. The van der Waals surface area contributed by atoms with Crippen LogP contribution < -0.4 is 11.5 Å². The van der Waals surface area contributed by atoms with Crippen molar-refractivity contribution in [3.8, 4) is 0 Å². The monoisotopic (exact) mass is 505 g/mol. The van der Waals surface area contributed by atoms with Gasteiger partial charge in [0, 0.05) is 37.0 Å². The SMILES string of the molecule is CCCCc1nc2c(N)nc3ccccc3c2n1CCCCN1C(=O)N=C(CCCCCC(N)=O)C1C. The van der Waals surface area contributed by atoms with Gasteiger partial charge in [0.25, 0.3) is 0 Å². The molecule has 2 aromatic heterocycles. The second-order valence-corrected chi connectivity index (χ2v) is 9.98. The Hall–Kier alpha value is -3.49. The number of rotatable bonds is 14. The van der Waals surface area contributed by atoms with Crippen LogP contribution in [-0.2, 0) is 17.8 Å². The van der Waals surface area contributed by atoms with Crippen molar-refractivity contribution in [2.24, 2.45) is 10.7 Å². The van der Waals surface area contributed by atoms with Crippen molar-refractivity contribution < 1.29 is 9.59 Å². The number of unbranched alkanes of at least 4 members (excludes halogenated alkanes) is 4. The number of aromatic nitrogens is 3. The van der Waals surface area contributed by atoms with Crippen molar-refractivity contribution >= 4 is 45.4 Å². The van der Waals surface area contributed by atoms with Crippen molar-refractivity contribution in [3.05, 3.63) is 30.1 Å². The van der Waals surface area contributed by atoms with E-state index in [0.717, 1.165) is 97.8 Å². The molecule has 0 saturated heterocycles. The average Bonchev–Trinajstić information content (AvgIpc) is 3.37. The van der Waals surface area contributed by atoms with Gasteiger partial charge in [-0.25, -0.2) is 19.8 Å². The minimum Gasteiger partial charge on any atom is -0.382 e. The van der Waals surface area contributed by atoms with Gasteiger partial charge in [-0.05, 0) is 51.5 Å². The lowest BCUT2D eigenvalue weighted by atomic mass is 10.0. The number of aliphatic imine (C=N–C) groups is 1. The van der Waals surface area contributed by atoms with Crippen LogP contribution in [0.3, 0.4) is 0 Å². The standard InChI is InChI=1S/C28H39N7O2/c1-3-4-16-24-33-25-26(20-12-8-9-14-22(20)31-27(25)30)35(24)18-11-10-17-34-19(2)21(32-28(34)37)13-6-5-7-15-23(29)36/h8-9,12,14,19H,3-7,10-11,13,15-18H2,1-2H3,(H2,29,36)(H2,30,31). The number of urea groups is 1. The van der Waals surface area contributed by atoms with Gasteiger partial charge in [-0.3, -0.25) is 4.79 Å². The van der Waals surface area contributed by atoms with Crippen LogP contribution in [0.4, 0.5) is 10.6 Å². The van der Waals surface area contributed by atoms with Gasteiger partial charge in [0.1, 0.15) is 11.3 Å². The number of nitrogens with zero attached hydrogens (tertiary/aromatic N) is 5. The van der Waals surface area contributed by atoms with Crippen molar-refractivity contribution in [3.63, 3.8) is 0 Å². The number of amides is 3. The maximum atomic E-state index is 12.6. The molecule has 0 fully saturated rings. The number of pyridine rings is 1. The van der Waals surface area contributed by atoms with Crippen LogP contribution in [0.15, 0.2) is 29.3 Å². The fourth-order valence-corrected chi connectivity index (χ4v) is 5.19. The van der Waals surface area contributed by atoms with E-state index in [4.69, 9.17) is 16.5 Å². The van der Waals surface area contributed by atoms with Crippen LogP contribution in [0.25, 0.3) is 21.9 Å². The van der Waals surface area contributed by atoms with Crippen LogP contribution in [0, 0.1) is 0 Å². The van der Waals surface area contributed by atoms with Gasteiger partial charge in [-0.2, -0.15) is 0 Å². The molecule has 1 aliphatic rings. The van der Waals surface area contributed by atoms with E-state index in [1.807, 2.05) is 23.1 Å². The van der Waals surface area contributed by atoms with Crippen LogP contribution in [0.5, 0.6) is 0 Å². The predicted molar refractivity (Wildman–Crippen MR) is 149 cm³/mol. The summed E-state index contributed by atoms with van der Waals surface area (Å²) in [6.45, 7) is 5.73. The molecule has 198 valence electrons.